The molecule has 0 radical (unpaired) electrons. The van der Waals surface area contributed by atoms with Crippen molar-refractivity contribution in [2.24, 2.45) is 0 Å². The third-order valence-corrected chi connectivity index (χ3v) is 6.76. The summed E-state index contributed by atoms with van der Waals surface area (Å²) in [5, 5.41) is 0.850. The third-order valence-electron chi connectivity index (χ3n) is 6.76. The predicted octanol–water partition coefficient (Wildman–Crippen LogP) is 6.90. The van der Waals surface area contributed by atoms with Crippen LogP contribution in [0.1, 0.15) is 34.6 Å². The highest BCUT2D eigenvalue weighted by molar-refractivity contribution is 6.16. The molecule has 0 aliphatic rings. The van der Waals surface area contributed by atoms with Crippen LogP contribution >= 0.6 is 0 Å². The highest BCUT2D eigenvalue weighted by atomic mass is 16.5. The Labute approximate surface area is 241 Å². The second-order valence-corrected chi connectivity index (χ2v) is 9.03. The van der Waals surface area contributed by atoms with E-state index in [0.717, 1.165) is 0 Å². The number of methoxy groups -OCH3 is 4. The lowest BCUT2D eigenvalue weighted by atomic mass is 10.0. The number of rotatable bonds is 10. The van der Waals surface area contributed by atoms with E-state index in [-0.39, 0.29) is 35.9 Å². The van der Waals surface area contributed by atoms with E-state index in [1.807, 2.05) is 0 Å². The summed E-state index contributed by atoms with van der Waals surface area (Å²) in [7, 11) is 6.11. The van der Waals surface area contributed by atoms with Crippen LogP contribution in [0, 0.1) is 0 Å². The summed E-state index contributed by atoms with van der Waals surface area (Å²) in [6.07, 6.45) is 0. The van der Waals surface area contributed by atoms with Crippen LogP contribution in [0.25, 0.3) is 44.6 Å². The zero-order chi connectivity index (χ0) is 30.0. The lowest BCUT2D eigenvalue weighted by Gasteiger charge is -2.10. The van der Waals surface area contributed by atoms with E-state index in [4.69, 9.17) is 37.3 Å². The molecule has 42 heavy (non-hydrogen) atoms. The molecule has 218 valence electrons. The van der Waals surface area contributed by atoms with Gasteiger partial charge in [-0.2, -0.15) is 0 Å². The van der Waals surface area contributed by atoms with E-state index in [1.165, 1.54) is 28.4 Å². The van der Waals surface area contributed by atoms with Gasteiger partial charge in [0.05, 0.1) is 52.8 Å². The molecule has 0 aliphatic heterocycles. The SMILES string of the molecule is CCOC(=O)c1c(-c2cc(OC)ccc2OC)oc2cc3c(C(=O)OCC)c(-c4cc(OC)ccc4OC)oc3cc12. The predicted molar refractivity (Wildman–Crippen MR) is 155 cm³/mol. The van der Waals surface area contributed by atoms with Gasteiger partial charge >= 0.3 is 11.9 Å². The number of furan rings is 2. The van der Waals surface area contributed by atoms with Gasteiger partial charge in [-0.1, -0.05) is 0 Å². The van der Waals surface area contributed by atoms with Crippen LogP contribution in [0.4, 0.5) is 0 Å². The fourth-order valence-corrected chi connectivity index (χ4v) is 4.86. The Morgan fingerprint density at radius 1 is 0.595 bits per heavy atom. The first kappa shape index (κ1) is 28.4. The van der Waals surface area contributed by atoms with E-state index in [9.17, 15) is 9.59 Å². The summed E-state index contributed by atoms with van der Waals surface area (Å²) in [4.78, 5) is 26.7. The minimum absolute atomic E-state index is 0.149. The smallest absolute Gasteiger partial charge is 0.342 e. The van der Waals surface area contributed by atoms with E-state index in [2.05, 4.69) is 0 Å². The summed E-state index contributed by atoms with van der Waals surface area (Å²) in [5.74, 6) is 1.25. The molecular weight excluding hydrogens is 544 g/mol. The first-order chi connectivity index (χ1) is 20.4. The maximum Gasteiger partial charge on any atom is 0.342 e. The highest BCUT2D eigenvalue weighted by Gasteiger charge is 2.30. The quantitative estimate of drug-likeness (QED) is 0.163. The van der Waals surface area contributed by atoms with Crippen molar-refractivity contribution in [1.29, 1.82) is 0 Å². The van der Waals surface area contributed by atoms with Crippen molar-refractivity contribution in [2.75, 3.05) is 41.7 Å². The minimum atomic E-state index is -0.595. The number of ether oxygens (including phenoxy) is 6. The Morgan fingerprint density at radius 2 is 1.00 bits per heavy atom. The van der Waals surface area contributed by atoms with Gasteiger partial charge in [0.15, 0.2) is 11.5 Å². The summed E-state index contributed by atoms with van der Waals surface area (Å²) in [5.41, 5.74) is 1.96. The van der Waals surface area contributed by atoms with Gasteiger partial charge in [-0.3, -0.25) is 0 Å². The largest absolute Gasteiger partial charge is 0.497 e. The van der Waals surface area contributed by atoms with E-state index >= 15 is 0 Å². The topological polar surface area (TPSA) is 116 Å². The maximum absolute atomic E-state index is 13.4. The Hall–Kier alpha value is -5.12. The van der Waals surface area contributed by atoms with Crippen molar-refractivity contribution in [3.8, 4) is 45.6 Å². The van der Waals surface area contributed by atoms with Gasteiger partial charge in [0.2, 0.25) is 0 Å². The Morgan fingerprint density at radius 3 is 1.33 bits per heavy atom. The van der Waals surface area contributed by atoms with Crippen molar-refractivity contribution in [1.82, 2.24) is 0 Å². The molecule has 0 bridgehead atoms. The average molecular weight is 575 g/mol. The zero-order valence-corrected chi connectivity index (χ0v) is 24.1. The lowest BCUT2D eigenvalue weighted by Crippen LogP contribution is -2.06. The fraction of sp³-hybridized carbons (Fsp3) is 0.250. The Bertz CT molecular complexity index is 1660. The number of benzene rings is 3. The number of carbonyl (C=O) groups excluding carboxylic acids is 2. The normalized spacial score (nSPS) is 11.0. The number of carbonyl (C=O) groups is 2. The minimum Gasteiger partial charge on any atom is -0.497 e. The molecule has 3 aromatic carbocycles. The number of fused-ring (bicyclic) bond motifs is 2. The molecule has 0 unspecified atom stereocenters. The molecular formula is C32H30O10. The zero-order valence-electron chi connectivity index (χ0n) is 24.1. The van der Waals surface area contributed by atoms with Crippen molar-refractivity contribution in [3.63, 3.8) is 0 Å². The molecule has 0 saturated carbocycles. The van der Waals surface area contributed by atoms with Gasteiger partial charge in [0.1, 0.15) is 45.3 Å². The van der Waals surface area contributed by atoms with Crippen LogP contribution in [-0.4, -0.2) is 53.6 Å². The molecule has 0 saturated heterocycles. The van der Waals surface area contributed by atoms with Crippen LogP contribution < -0.4 is 18.9 Å². The van der Waals surface area contributed by atoms with E-state index in [1.54, 1.807) is 62.4 Å². The van der Waals surface area contributed by atoms with E-state index < -0.39 is 11.9 Å². The molecule has 2 heterocycles. The second kappa shape index (κ2) is 11.8. The van der Waals surface area contributed by atoms with Gasteiger partial charge in [-0.25, -0.2) is 9.59 Å². The van der Waals surface area contributed by atoms with Crippen molar-refractivity contribution in [2.45, 2.75) is 13.8 Å². The van der Waals surface area contributed by atoms with Gasteiger partial charge in [-0.15, -0.1) is 0 Å². The standard InChI is InChI=1S/C32H30O10/c1-7-39-31(33)27-19-15-26-20(16-25(19)41-29(27)21-13-17(35-3)9-11-23(21)37-5)28(32(34)40-8-2)30(42-26)22-14-18(36-4)10-12-24(22)38-6/h9-16H,7-8H2,1-6H3. The monoisotopic (exact) mass is 574 g/mol. The van der Waals surface area contributed by atoms with Gasteiger partial charge in [-0.05, 0) is 62.4 Å². The molecule has 0 N–H and O–H groups in total. The summed E-state index contributed by atoms with van der Waals surface area (Å²) in [6.45, 7) is 3.73. The summed E-state index contributed by atoms with van der Waals surface area (Å²) >= 11 is 0. The number of esters is 2. The van der Waals surface area contributed by atoms with Crippen LogP contribution in [0.2, 0.25) is 0 Å². The molecule has 0 spiro atoms. The van der Waals surface area contributed by atoms with Crippen molar-refractivity contribution in [3.05, 3.63) is 59.7 Å². The Kier molecular flexibility index (Phi) is 7.97. The van der Waals surface area contributed by atoms with Gasteiger partial charge < -0.3 is 37.3 Å². The highest BCUT2D eigenvalue weighted by Crippen LogP contribution is 2.45. The van der Waals surface area contributed by atoms with E-state index in [0.29, 0.717) is 56.1 Å². The first-order valence-electron chi connectivity index (χ1n) is 13.2. The Balaban J connectivity index is 1.85. The summed E-state index contributed by atoms with van der Waals surface area (Å²) in [6, 6.07) is 13.6. The molecule has 5 rings (SSSR count). The van der Waals surface area contributed by atoms with Crippen LogP contribution in [-0.2, 0) is 9.47 Å². The van der Waals surface area contributed by atoms with Crippen LogP contribution in [0.15, 0.2) is 57.4 Å². The molecule has 5 aromatic rings. The maximum atomic E-state index is 13.4. The molecule has 10 heteroatoms. The van der Waals surface area contributed by atoms with Gasteiger partial charge in [0.25, 0.3) is 0 Å². The van der Waals surface area contributed by atoms with Gasteiger partial charge in [0, 0.05) is 10.8 Å². The molecule has 0 fully saturated rings. The number of hydrogen-bond donors (Lipinski definition) is 0. The molecule has 0 aliphatic carbocycles. The lowest BCUT2D eigenvalue weighted by molar-refractivity contribution is 0.0519. The van der Waals surface area contributed by atoms with Crippen LogP contribution in [0.5, 0.6) is 23.0 Å². The summed E-state index contributed by atoms with van der Waals surface area (Å²) < 4.78 is 45.4. The molecule has 0 atom stereocenters. The number of hydrogen-bond acceptors (Lipinski definition) is 10. The van der Waals surface area contributed by atoms with Crippen LogP contribution in [0.3, 0.4) is 0 Å². The molecule has 2 aromatic heterocycles. The third kappa shape index (κ3) is 4.85. The van der Waals surface area contributed by atoms with Crippen molar-refractivity contribution < 1.29 is 46.8 Å². The van der Waals surface area contributed by atoms with Crippen molar-refractivity contribution >= 4 is 33.9 Å². The molecule has 0 amide bonds. The molecule has 10 nitrogen and oxygen atoms in total. The first-order valence-corrected chi connectivity index (χ1v) is 13.2. The fourth-order valence-electron chi connectivity index (χ4n) is 4.86. The average Bonchev–Trinajstić information content (AvgIpc) is 3.57. The second-order valence-electron chi connectivity index (χ2n) is 9.03.